The predicted octanol–water partition coefficient (Wildman–Crippen LogP) is 3.39. The van der Waals surface area contributed by atoms with Crippen molar-refractivity contribution >= 4 is 5.97 Å². The van der Waals surface area contributed by atoms with Crippen molar-refractivity contribution < 1.29 is 14.6 Å². The fourth-order valence-corrected chi connectivity index (χ4v) is 2.14. The Balaban J connectivity index is 2.35. The average Bonchev–Trinajstić information content (AvgIpc) is 2.25. The quantitative estimate of drug-likeness (QED) is 0.522. The van der Waals surface area contributed by atoms with Crippen LogP contribution in [0.15, 0.2) is 11.6 Å². The number of hydrogen-bond donors (Lipinski definition) is 1. The molecular weight excluding hydrogens is 216 g/mol. The molecule has 0 atom stereocenters. The molecule has 1 aliphatic heterocycles. The summed E-state index contributed by atoms with van der Waals surface area (Å²) in [5.74, 6) is -0.814. The summed E-state index contributed by atoms with van der Waals surface area (Å²) in [6.45, 7) is 5.46. The van der Waals surface area contributed by atoms with Gasteiger partial charge in [-0.2, -0.15) is 0 Å². The summed E-state index contributed by atoms with van der Waals surface area (Å²) >= 11 is 0. The molecule has 1 heterocycles. The first kappa shape index (κ1) is 14.2. The fraction of sp³-hybridized carbons (Fsp3) is 0.786. The molecule has 0 spiro atoms. The zero-order chi connectivity index (χ0) is 12.7. The van der Waals surface area contributed by atoms with Crippen molar-refractivity contribution in [2.75, 3.05) is 13.2 Å². The van der Waals surface area contributed by atoms with Gasteiger partial charge in [-0.05, 0) is 19.8 Å². The Morgan fingerprint density at radius 2 is 2.06 bits per heavy atom. The Labute approximate surface area is 104 Å². The predicted molar refractivity (Wildman–Crippen MR) is 68.0 cm³/mol. The summed E-state index contributed by atoms with van der Waals surface area (Å²) in [4.78, 5) is 10.7. The maximum absolute atomic E-state index is 10.7. The number of ether oxygens (including phenoxy) is 1. The van der Waals surface area contributed by atoms with Crippen LogP contribution in [-0.4, -0.2) is 24.3 Å². The standard InChI is InChI=1S/C14H24O3/c1-3-4-5-6-8-14(10-17-11-14)9-7-12(2)13(15)16/h7H,3-6,8-11H2,1-2H3,(H,15,16). The first-order valence-electron chi connectivity index (χ1n) is 6.57. The minimum Gasteiger partial charge on any atom is -0.478 e. The summed E-state index contributed by atoms with van der Waals surface area (Å²) in [6.07, 6.45) is 8.91. The highest BCUT2D eigenvalue weighted by Gasteiger charge is 2.36. The minimum atomic E-state index is -0.814. The average molecular weight is 240 g/mol. The Kier molecular flexibility index (Phi) is 5.69. The van der Waals surface area contributed by atoms with Gasteiger partial charge in [-0.3, -0.25) is 0 Å². The lowest BCUT2D eigenvalue weighted by Crippen LogP contribution is -2.42. The number of carboxylic acid groups (broad SMARTS) is 1. The van der Waals surface area contributed by atoms with E-state index in [1.165, 1.54) is 25.7 Å². The molecule has 0 bridgehead atoms. The normalized spacial score (nSPS) is 18.8. The lowest BCUT2D eigenvalue weighted by molar-refractivity contribution is -0.132. The number of aliphatic carboxylic acids is 1. The third-order valence-electron chi connectivity index (χ3n) is 3.56. The number of unbranched alkanes of at least 4 members (excludes halogenated alkanes) is 3. The number of allylic oxidation sites excluding steroid dienone is 1. The third kappa shape index (κ3) is 4.50. The van der Waals surface area contributed by atoms with Crippen LogP contribution >= 0.6 is 0 Å². The molecule has 0 amide bonds. The van der Waals surface area contributed by atoms with Crippen LogP contribution in [0.25, 0.3) is 0 Å². The summed E-state index contributed by atoms with van der Waals surface area (Å²) in [5.41, 5.74) is 0.676. The van der Waals surface area contributed by atoms with Crippen molar-refractivity contribution in [1.29, 1.82) is 0 Å². The van der Waals surface area contributed by atoms with Gasteiger partial charge >= 0.3 is 5.97 Å². The molecule has 98 valence electrons. The van der Waals surface area contributed by atoms with E-state index in [-0.39, 0.29) is 5.41 Å². The lowest BCUT2D eigenvalue weighted by atomic mass is 9.77. The molecule has 0 aromatic rings. The van der Waals surface area contributed by atoms with E-state index in [0.717, 1.165) is 26.1 Å². The summed E-state index contributed by atoms with van der Waals surface area (Å²) in [7, 11) is 0. The molecule has 0 radical (unpaired) electrons. The first-order valence-corrected chi connectivity index (χ1v) is 6.57. The molecule has 1 fully saturated rings. The number of rotatable bonds is 8. The number of carbonyl (C=O) groups is 1. The summed E-state index contributed by atoms with van der Waals surface area (Å²) in [6, 6.07) is 0. The zero-order valence-electron chi connectivity index (χ0n) is 11.0. The van der Waals surface area contributed by atoms with E-state index in [9.17, 15) is 4.79 Å². The van der Waals surface area contributed by atoms with Crippen LogP contribution in [0, 0.1) is 5.41 Å². The highest BCUT2D eigenvalue weighted by molar-refractivity contribution is 5.85. The molecule has 1 N–H and O–H groups in total. The molecule has 3 heteroatoms. The van der Waals surface area contributed by atoms with Crippen LogP contribution in [0.4, 0.5) is 0 Å². The van der Waals surface area contributed by atoms with E-state index in [1.807, 2.05) is 6.08 Å². The van der Waals surface area contributed by atoms with Crippen molar-refractivity contribution in [3.8, 4) is 0 Å². The maximum atomic E-state index is 10.7. The molecule has 3 nitrogen and oxygen atoms in total. The number of hydrogen-bond acceptors (Lipinski definition) is 2. The highest BCUT2D eigenvalue weighted by atomic mass is 16.5. The van der Waals surface area contributed by atoms with Gasteiger partial charge in [-0.15, -0.1) is 0 Å². The zero-order valence-corrected chi connectivity index (χ0v) is 11.0. The Hall–Kier alpha value is -0.830. The molecule has 0 unspecified atom stereocenters. The van der Waals surface area contributed by atoms with Crippen LogP contribution in [0.2, 0.25) is 0 Å². The Morgan fingerprint density at radius 3 is 2.53 bits per heavy atom. The molecule has 0 aromatic heterocycles. The van der Waals surface area contributed by atoms with Crippen LogP contribution in [0.1, 0.15) is 52.4 Å². The van der Waals surface area contributed by atoms with Crippen molar-refractivity contribution in [2.45, 2.75) is 52.4 Å². The Bertz CT molecular complexity index is 277. The molecule has 1 aliphatic rings. The largest absolute Gasteiger partial charge is 0.478 e. The van der Waals surface area contributed by atoms with Crippen LogP contribution < -0.4 is 0 Å². The van der Waals surface area contributed by atoms with Gasteiger partial charge in [0, 0.05) is 11.0 Å². The van der Waals surface area contributed by atoms with Crippen molar-refractivity contribution in [2.24, 2.45) is 5.41 Å². The van der Waals surface area contributed by atoms with E-state index in [0.29, 0.717) is 5.57 Å². The van der Waals surface area contributed by atoms with Crippen molar-refractivity contribution in [1.82, 2.24) is 0 Å². The van der Waals surface area contributed by atoms with Gasteiger partial charge in [0.15, 0.2) is 0 Å². The van der Waals surface area contributed by atoms with Gasteiger partial charge in [-0.25, -0.2) is 4.79 Å². The molecular formula is C14H24O3. The van der Waals surface area contributed by atoms with E-state index < -0.39 is 5.97 Å². The van der Waals surface area contributed by atoms with E-state index in [4.69, 9.17) is 9.84 Å². The van der Waals surface area contributed by atoms with Crippen molar-refractivity contribution in [3.63, 3.8) is 0 Å². The Morgan fingerprint density at radius 1 is 1.35 bits per heavy atom. The van der Waals surface area contributed by atoms with Gasteiger partial charge < -0.3 is 9.84 Å². The van der Waals surface area contributed by atoms with Crippen LogP contribution in [0.5, 0.6) is 0 Å². The molecule has 1 saturated heterocycles. The minimum absolute atomic E-state index is 0.227. The maximum Gasteiger partial charge on any atom is 0.330 e. The molecule has 0 saturated carbocycles. The van der Waals surface area contributed by atoms with Gasteiger partial charge in [0.05, 0.1) is 13.2 Å². The molecule has 0 aliphatic carbocycles. The SMILES string of the molecule is CCCCCCC1(CC=C(C)C(=O)O)COC1. The van der Waals surface area contributed by atoms with E-state index in [1.54, 1.807) is 6.92 Å². The highest BCUT2D eigenvalue weighted by Crippen LogP contribution is 2.37. The van der Waals surface area contributed by atoms with Gasteiger partial charge in [-0.1, -0.05) is 38.7 Å². The van der Waals surface area contributed by atoms with E-state index in [2.05, 4.69) is 6.92 Å². The second-order valence-corrected chi connectivity index (χ2v) is 5.20. The topological polar surface area (TPSA) is 46.5 Å². The second kappa shape index (κ2) is 6.80. The van der Waals surface area contributed by atoms with E-state index >= 15 is 0 Å². The molecule has 17 heavy (non-hydrogen) atoms. The number of carboxylic acids is 1. The first-order chi connectivity index (χ1) is 8.09. The smallest absolute Gasteiger partial charge is 0.330 e. The fourth-order valence-electron chi connectivity index (χ4n) is 2.14. The van der Waals surface area contributed by atoms with Gasteiger partial charge in [0.1, 0.15) is 0 Å². The van der Waals surface area contributed by atoms with Gasteiger partial charge in [0.25, 0.3) is 0 Å². The monoisotopic (exact) mass is 240 g/mol. The molecule has 0 aromatic carbocycles. The molecule has 1 rings (SSSR count). The van der Waals surface area contributed by atoms with Crippen LogP contribution in [0.3, 0.4) is 0 Å². The van der Waals surface area contributed by atoms with Crippen molar-refractivity contribution in [3.05, 3.63) is 11.6 Å². The van der Waals surface area contributed by atoms with Crippen LogP contribution in [-0.2, 0) is 9.53 Å². The van der Waals surface area contributed by atoms with Gasteiger partial charge in [0.2, 0.25) is 0 Å². The third-order valence-corrected chi connectivity index (χ3v) is 3.56. The second-order valence-electron chi connectivity index (χ2n) is 5.20. The lowest BCUT2D eigenvalue weighted by Gasteiger charge is -2.41. The summed E-state index contributed by atoms with van der Waals surface area (Å²) in [5, 5.41) is 8.82. The summed E-state index contributed by atoms with van der Waals surface area (Å²) < 4.78 is 5.31.